The van der Waals surface area contributed by atoms with E-state index in [1.54, 1.807) is 0 Å². The molecule has 1 saturated heterocycles. The van der Waals surface area contributed by atoms with Crippen LogP contribution in [0.2, 0.25) is 12.6 Å². The summed E-state index contributed by atoms with van der Waals surface area (Å²) in [5, 5.41) is 30.3. The van der Waals surface area contributed by atoms with Crippen LogP contribution in [0.4, 0.5) is 0 Å². The van der Waals surface area contributed by atoms with Gasteiger partial charge < -0.3 is 45.3 Å². The van der Waals surface area contributed by atoms with Crippen LogP contribution in [-0.4, -0.2) is 114 Å². The van der Waals surface area contributed by atoms with E-state index in [-0.39, 0.29) is 59.5 Å². The lowest BCUT2D eigenvalue weighted by Crippen LogP contribution is -2.64. The molecule has 2 saturated carbocycles. The number of carbonyl (C=O) groups excluding carboxylic acids is 1. The molecule has 0 aromatic rings. The standard InChI is InChI=1S/C22H43BN2O3.C11H23BN2O4/c1-19(2,3)24-18(26)22(8)15-16(11-12-17(22)25(9)10)13-14-23-27-20(4,5)21(6,7)28-23;1-14(2)9-4-3-8(5-6-12(17)18)7-11(9,13)10(15)16/h16-17H,11-15H2,1-10H3,(H,24,26);8-9,17-18H,3-7,13H2,1-2H3,(H,15,16)/t16-,17?,22-;8-,9?,11+/m00/s1. The van der Waals surface area contributed by atoms with E-state index in [1.165, 1.54) is 0 Å². The molecule has 1 aliphatic heterocycles. The lowest BCUT2D eigenvalue weighted by Gasteiger charge is -2.47. The number of amides is 1. The van der Waals surface area contributed by atoms with Crippen LogP contribution in [0.1, 0.15) is 107 Å². The van der Waals surface area contributed by atoms with Crippen LogP contribution in [0, 0.1) is 17.3 Å². The number of nitrogens with one attached hydrogen (secondary N) is 1. The second-order valence-corrected chi connectivity index (χ2v) is 17.0. The van der Waals surface area contributed by atoms with Crippen molar-refractivity contribution >= 4 is 26.1 Å². The van der Waals surface area contributed by atoms with E-state index in [9.17, 15) is 14.7 Å². The number of hydrogen-bond acceptors (Lipinski definition) is 9. The van der Waals surface area contributed by atoms with Gasteiger partial charge in [0.05, 0.1) is 16.6 Å². The third-order valence-corrected chi connectivity index (χ3v) is 11.0. The van der Waals surface area contributed by atoms with Gasteiger partial charge >= 0.3 is 20.2 Å². The molecule has 2 unspecified atom stereocenters. The highest BCUT2D eigenvalue weighted by Gasteiger charge is 2.52. The highest BCUT2D eigenvalue weighted by Crippen LogP contribution is 2.45. The van der Waals surface area contributed by atoms with E-state index in [0.717, 1.165) is 44.8 Å². The summed E-state index contributed by atoms with van der Waals surface area (Å²) in [6, 6.07) is 0.0910. The summed E-state index contributed by atoms with van der Waals surface area (Å²) in [5.74, 6) is -0.135. The van der Waals surface area contributed by atoms with Crippen molar-refractivity contribution in [3.05, 3.63) is 0 Å². The minimum absolute atomic E-state index is 0.143. The number of likely N-dealkylation sites (N-methyl/N-ethyl adjacent to an activating group) is 1. The Kier molecular flexibility index (Phi) is 13.9. The van der Waals surface area contributed by atoms with Gasteiger partial charge in [-0.2, -0.15) is 0 Å². The Bertz CT molecular complexity index is 1010. The van der Waals surface area contributed by atoms with E-state index in [4.69, 9.17) is 25.1 Å². The molecule has 0 spiro atoms. The van der Waals surface area contributed by atoms with Gasteiger partial charge in [0, 0.05) is 17.6 Å². The Morgan fingerprint density at radius 1 is 0.870 bits per heavy atom. The monoisotopic (exact) mass is 653 g/mol. The summed E-state index contributed by atoms with van der Waals surface area (Å²) in [7, 11) is 6.40. The largest absolute Gasteiger partial charge is 0.480 e. The first kappa shape index (κ1) is 41.0. The van der Waals surface area contributed by atoms with Crippen molar-refractivity contribution in [1.82, 2.24) is 15.1 Å². The summed E-state index contributed by atoms with van der Waals surface area (Å²) in [4.78, 5) is 28.8. The van der Waals surface area contributed by atoms with Crippen molar-refractivity contribution in [3.8, 4) is 0 Å². The fourth-order valence-corrected chi connectivity index (χ4v) is 7.75. The maximum Gasteiger partial charge on any atom is 0.457 e. The smallest absolute Gasteiger partial charge is 0.457 e. The molecule has 1 amide bonds. The van der Waals surface area contributed by atoms with Gasteiger partial charge in [-0.05, 0) is 147 Å². The van der Waals surface area contributed by atoms with Crippen molar-refractivity contribution in [2.45, 2.75) is 154 Å². The number of nitrogens with zero attached hydrogens (tertiary/aromatic N) is 2. The number of carboxylic acids is 1. The Morgan fingerprint density at radius 3 is 1.78 bits per heavy atom. The normalized spacial score (nSPS) is 32.6. The van der Waals surface area contributed by atoms with Crippen molar-refractivity contribution in [2.24, 2.45) is 23.0 Å². The average Bonchev–Trinajstić information content (AvgIpc) is 3.10. The van der Waals surface area contributed by atoms with Crippen LogP contribution in [-0.2, 0) is 18.9 Å². The van der Waals surface area contributed by atoms with Crippen molar-refractivity contribution in [2.75, 3.05) is 28.2 Å². The zero-order valence-electron chi connectivity index (χ0n) is 31.0. The van der Waals surface area contributed by atoms with Crippen LogP contribution in [0.3, 0.4) is 0 Å². The van der Waals surface area contributed by atoms with Crippen LogP contribution in [0.15, 0.2) is 0 Å². The van der Waals surface area contributed by atoms with Crippen molar-refractivity contribution in [3.63, 3.8) is 0 Å². The first-order chi connectivity index (χ1) is 20.8. The molecule has 46 heavy (non-hydrogen) atoms. The molecule has 0 aromatic carbocycles. The number of aliphatic carboxylic acids is 1. The molecule has 3 aliphatic rings. The second-order valence-electron chi connectivity index (χ2n) is 17.0. The number of nitrogens with two attached hydrogens (primary N) is 1. The molecule has 6 atom stereocenters. The third-order valence-electron chi connectivity index (χ3n) is 11.0. The molecule has 2 aliphatic carbocycles. The van der Waals surface area contributed by atoms with Gasteiger partial charge in [-0.15, -0.1) is 0 Å². The predicted octanol–water partition coefficient (Wildman–Crippen LogP) is 3.48. The van der Waals surface area contributed by atoms with Crippen LogP contribution in [0.25, 0.3) is 0 Å². The lowest BCUT2D eigenvalue weighted by molar-refractivity contribution is -0.148. The fraction of sp³-hybridized carbons (Fsp3) is 0.939. The molecule has 6 N–H and O–H groups in total. The molecule has 3 rings (SSSR count). The Labute approximate surface area is 280 Å². The van der Waals surface area contributed by atoms with E-state index >= 15 is 0 Å². The number of carboxylic acid groups (broad SMARTS) is 1. The molecular formula is C33H66B2N4O7. The Balaban J connectivity index is 0.000000353. The zero-order chi connectivity index (χ0) is 35.5. The van der Waals surface area contributed by atoms with E-state index < -0.39 is 18.6 Å². The molecular weight excluding hydrogens is 586 g/mol. The van der Waals surface area contributed by atoms with Crippen LogP contribution >= 0.6 is 0 Å². The van der Waals surface area contributed by atoms with Gasteiger partial charge in [0.1, 0.15) is 5.54 Å². The Hall–Kier alpha value is -1.21. The van der Waals surface area contributed by atoms with Crippen LogP contribution < -0.4 is 11.1 Å². The molecule has 1 heterocycles. The van der Waals surface area contributed by atoms with Crippen molar-refractivity contribution in [1.29, 1.82) is 0 Å². The summed E-state index contributed by atoms with van der Waals surface area (Å²) in [5.41, 5.74) is 3.69. The third kappa shape index (κ3) is 10.4. The van der Waals surface area contributed by atoms with Crippen LogP contribution in [0.5, 0.6) is 0 Å². The summed E-state index contributed by atoms with van der Waals surface area (Å²) in [6.07, 6.45) is 7.91. The lowest BCUT2D eigenvalue weighted by atomic mass is 9.64. The number of hydrogen-bond donors (Lipinski definition) is 5. The minimum atomic E-state index is -1.33. The summed E-state index contributed by atoms with van der Waals surface area (Å²) in [6.45, 7) is 16.7. The molecule has 13 heteroatoms. The van der Waals surface area contributed by atoms with Gasteiger partial charge in [0.25, 0.3) is 0 Å². The first-order valence-corrected chi connectivity index (χ1v) is 17.2. The number of carbonyl (C=O) groups is 2. The highest BCUT2D eigenvalue weighted by molar-refractivity contribution is 6.45. The molecule has 3 fully saturated rings. The maximum atomic E-state index is 13.2. The van der Waals surface area contributed by atoms with E-state index in [1.807, 2.05) is 19.0 Å². The SMILES string of the molecule is CN(C)C1CC[C@@H](CCB(O)O)C[C@]1(N)C(=O)O.CN(C)C1CC[C@@H](CCB2OC(C)(C)C(C)(C)O2)C[C@]1(C)C(=O)NC(C)(C)C. The molecule has 0 radical (unpaired) electrons. The summed E-state index contributed by atoms with van der Waals surface area (Å²) < 4.78 is 12.3. The molecule has 0 bridgehead atoms. The van der Waals surface area contributed by atoms with Gasteiger partial charge in [0.2, 0.25) is 5.91 Å². The quantitative estimate of drug-likeness (QED) is 0.221. The van der Waals surface area contributed by atoms with Gasteiger partial charge in [0.15, 0.2) is 0 Å². The topological polar surface area (TPSA) is 158 Å². The maximum absolute atomic E-state index is 13.2. The Morgan fingerprint density at radius 2 is 1.35 bits per heavy atom. The fourth-order valence-electron chi connectivity index (χ4n) is 7.75. The van der Waals surface area contributed by atoms with Gasteiger partial charge in [-0.3, -0.25) is 9.59 Å². The average molecular weight is 653 g/mol. The van der Waals surface area contributed by atoms with E-state index in [0.29, 0.717) is 18.8 Å². The molecule has 11 nitrogen and oxygen atoms in total. The van der Waals surface area contributed by atoms with Crippen molar-refractivity contribution < 1.29 is 34.1 Å². The zero-order valence-corrected chi connectivity index (χ0v) is 31.0. The second kappa shape index (κ2) is 15.6. The number of rotatable bonds is 10. The highest BCUT2D eigenvalue weighted by atomic mass is 16.7. The minimum Gasteiger partial charge on any atom is -0.480 e. The van der Waals surface area contributed by atoms with Gasteiger partial charge in [-0.1, -0.05) is 12.8 Å². The van der Waals surface area contributed by atoms with E-state index in [2.05, 4.69) is 79.7 Å². The predicted molar refractivity (Wildman–Crippen MR) is 185 cm³/mol. The summed E-state index contributed by atoms with van der Waals surface area (Å²) >= 11 is 0. The van der Waals surface area contributed by atoms with Gasteiger partial charge in [-0.25, -0.2) is 0 Å². The molecule has 266 valence electrons. The molecule has 0 aromatic heterocycles. The first-order valence-electron chi connectivity index (χ1n) is 17.2.